The number of aromatic hydroxyl groups is 1. The minimum absolute atomic E-state index is 0.0843. The highest BCUT2D eigenvalue weighted by atomic mass is 16.5. The molecule has 0 spiro atoms. The number of hydrogen-bond acceptors (Lipinski definition) is 6. The maximum atomic E-state index is 10.3. The SMILES string of the molecule is COc1ccc(-c2conc2-c2cc(C)c(OC)c(OC)c2)c(O)c1. The van der Waals surface area contributed by atoms with Crippen LogP contribution in [0.4, 0.5) is 0 Å². The lowest BCUT2D eigenvalue weighted by atomic mass is 9.99. The molecule has 1 aromatic heterocycles. The van der Waals surface area contributed by atoms with Crippen LogP contribution in [0, 0.1) is 6.92 Å². The van der Waals surface area contributed by atoms with E-state index < -0.39 is 0 Å². The van der Waals surface area contributed by atoms with Crippen LogP contribution in [0.2, 0.25) is 0 Å². The molecule has 0 saturated carbocycles. The van der Waals surface area contributed by atoms with Gasteiger partial charge in [0.05, 0.1) is 26.9 Å². The van der Waals surface area contributed by atoms with Crippen LogP contribution in [0.25, 0.3) is 22.4 Å². The van der Waals surface area contributed by atoms with Gasteiger partial charge in [0.1, 0.15) is 23.5 Å². The van der Waals surface area contributed by atoms with E-state index in [4.69, 9.17) is 18.7 Å². The number of methoxy groups -OCH3 is 3. The number of hydrogen-bond donors (Lipinski definition) is 1. The number of benzene rings is 2. The topological polar surface area (TPSA) is 74.0 Å². The van der Waals surface area contributed by atoms with Crippen molar-refractivity contribution in [1.82, 2.24) is 5.16 Å². The van der Waals surface area contributed by atoms with Gasteiger partial charge in [-0.2, -0.15) is 0 Å². The van der Waals surface area contributed by atoms with Gasteiger partial charge in [0.15, 0.2) is 11.5 Å². The van der Waals surface area contributed by atoms with Crippen molar-refractivity contribution in [3.05, 3.63) is 42.2 Å². The monoisotopic (exact) mass is 341 g/mol. The quantitative estimate of drug-likeness (QED) is 0.755. The average molecular weight is 341 g/mol. The highest BCUT2D eigenvalue weighted by Crippen LogP contribution is 2.41. The standard InChI is InChI=1S/C19H19NO5/c1-11-7-12(8-17(23-3)19(11)24-4)18-15(10-25-20-18)14-6-5-13(22-2)9-16(14)21/h5-10,21H,1-4H3. The summed E-state index contributed by atoms with van der Waals surface area (Å²) in [6.45, 7) is 1.93. The first kappa shape index (κ1) is 16.7. The van der Waals surface area contributed by atoms with Crippen LogP contribution in [0.3, 0.4) is 0 Å². The Morgan fingerprint density at radius 3 is 2.40 bits per heavy atom. The van der Waals surface area contributed by atoms with Gasteiger partial charge in [0, 0.05) is 17.2 Å². The third-order valence-electron chi connectivity index (χ3n) is 4.00. The Morgan fingerprint density at radius 1 is 0.960 bits per heavy atom. The highest BCUT2D eigenvalue weighted by Gasteiger charge is 2.19. The summed E-state index contributed by atoms with van der Waals surface area (Å²) in [5.41, 5.74) is 3.58. The molecule has 0 atom stereocenters. The molecule has 0 amide bonds. The van der Waals surface area contributed by atoms with E-state index in [1.165, 1.54) is 6.26 Å². The maximum absolute atomic E-state index is 10.3. The molecule has 3 rings (SSSR count). The summed E-state index contributed by atoms with van der Waals surface area (Å²) in [5.74, 6) is 1.93. The third-order valence-corrected chi connectivity index (χ3v) is 4.00. The number of nitrogens with zero attached hydrogens (tertiary/aromatic N) is 1. The molecule has 0 unspecified atom stereocenters. The lowest BCUT2D eigenvalue weighted by Gasteiger charge is -2.13. The molecule has 0 bridgehead atoms. The Kier molecular flexibility index (Phi) is 4.52. The Balaban J connectivity index is 2.13. The van der Waals surface area contributed by atoms with Crippen molar-refractivity contribution in [2.75, 3.05) is 21.3 Å². The van der Waals surface area contributed by atoms with E-state index in [-0.39, 0.29) is 5.75 Å². The zero-order valence-corrected chi connectivity index (χ0v) is 14.5. The van der Waals surface area contributed by atoms with Crippen LogP contribution in [0.15, 0.2) is 41.1 Å². The molecule has 130 valence electrons. The summed E-state index contributed by atoms with van der Waals surface area (Å²) < 4.78 is 21.1. The van der Waals surface area contributed by atoms with E-state index in [1.54, 1.807) is 39.5 Å². The van der Waals surface area contributed by atoms with Gasteiger partial charge in [0.25, 0.3) is 0 Å². The van der Waals surface area contributed by atoms with Crippen LogP contribution in [-0.4, -0.2) is 31.6 Å². The minimum Gasteiger partial charge on any atom is -0.507 e. The molecular weight excluding hydrogens is 322 g/mol. The average Bonchev–Trinajstić information content (AvgIpc) is 3.10. The molecule has 1 N–H and O–H groups in total. The molecule has 0 aliphatic carbocycles. The van der Waals surface area contributed by atoms with Crippen molar-refractivity contribution >= 4 is 0 Å². The normalized spacial score (nSPS) is 10.6. The maximum Gasteiger partial charge on any atom is 0.163 e. The first-order chi connectivity index (χ1) is 12.1. The Morgan fingerprint density at radius 2 is 1.76 bits per heavy atom. The fraction of sp³-hybridized carbons (Fsp3) is 0.211. The molecular formula is C19H19NO5. The number of aryl methyl sites for hydroxylation is 1. The first-order valence-electron chi connectivity index (χ1n) is 7.63. The predicted molar refractivity (Wildman–Crippen MR) is 93.4 cm³/mol. The Hall–Kier alpha value is -3.15. The van der Waals surface area contributed by atoms with Crippen molar-refractivity contribution in [2.24, 2.45) is 0 Å². The summed E-state index contributed by atoms with van der Waals surface area (Å²) in [6, 6.07) is 8.84. The van der Waals surface area contributed by atoms with Crippen LogP contribution < -0.4 is 14.2 Å². The zero-order chi connectivity index (χ0) is 18.0. The van der Waals surface area contributed by atoms with Gasteiger partial charge in [-0.1, -0.05) is 5.16 Å². The second-order valence-electron chi connectivity index (χ2n) is 5.49. The summed E-state index contributed by atoms with van der Waals surface area (Å²) in [7, 11) is 4.73. The van der Waals surface area contributed by atoms with Crippen molar-refractivity contribution in [1.29, 1.82) is 0 Å². The molecule has 6 nitrogen and oxygen atoms in total. The van der Waals surface area contributed by atoms with E-state index in [0.717, 1.165) is 11.1 Å². The summed E-state index contributed by atoms with van der Waals surface area (Å²) in [5, 5.41) is 14.4. The highest BCUT2D eigenvalue weighted by molar-refractivity contribution is 5.84. The van der Waals surface area contributed by atoms with Crippen molar-refractivity contribution in [3.63, 3.8) is 0 Å². The van der Waals surface area contributed by atoms with Gasteiger partial charge in [-0.3, -0.25) is 0 Å². The molecule has 2 aromatic carbocycles. The number of aromatic nitrogens is 1. The van der Waals surface area contributed by atoms with Gasteiger partial charge in [0.2, 0.25) is 0 Å². The fourth-order valence-electron chi connectivity index (χ4n) is 2.79. The van der Waals surface area contributed by atoms with E-state index in [1.807, 2.05) is 19.1 Å². The molecule has 3 aromatic rings. The van der Waals surface area contributed by atoms with Crippen LogP contribution in [-0.2, 0) is 0 Å². The first-order valence-corrected chi connectivity index (χ1v) is 7.63. The van der Waals surface area contributed by atoms with Gasteiger partial charge in [-0.15, -0.1) is 0 Å². The predicted octanol–water partition coefficient (Wildman–Crippen LogP) is 4.05. The molecule has 1 heterocycles. The van der Waals surface area contributed by atoms with Gasteiger partial charge < -0.3 is 23.8 Å². The number of ether oxygens (including phenoxy) is 3. The molecule has 0 aliphatic rings. The smallest absolute Gasteiger partial charge is 0.163 e. The molecule has 0 fully saturated rings. The summed E-state index contributed by atoms with van der Waals surface area (Å²) in [6.07, 6.45) is 1.50. The Labute approximate surface area is 145 Å². The summed E-state index contributed by atoms with van der Waals surface area (Å²) >= 11 is 0. The lowest BCUT2D eigenvalue weighted by molar-refractivity contribution is 0.353. The van der Waals surface area contributed by atoms with E-state index >= 15 is 0 Å². The molecule has 6 heteroatoms. The number of rotatable bonds is 5. The van der Waals surface area contributed by atoms with Crippen LogP contribution in [0.5, 0.6) is 23.0 Å². The second-order valence-corrected chi connectivity index (χ2v) is 5.49. The molecule has 0 radical (unpaired) electrons. The van der Waals surface area contributed by atoms with E-state index in [0.29, 0.717) is 34.1 Å². The molecule has 25 heavy (non-hydrogen) atoms. The zero-order valence-electron chi connectivity index (χ0n) is 14.5. The number of phenolic OH excluding ortho intramolecular Hbond substituents is 1. The molecule has 0 aliphatic heterocycles. The van der Waals surface area contributed by atoms with E-state index in [9.17, 15) is 5.11 Å². The second kappa shape index (κ2) is 6.76. The Bertz CT molecular complexity index is 901. The number of phenols is 1. The van der Waals surface area contributed by atoms with Crippen molar-refractivity contribution < 1.29 is 23.8 Å². The van der Waals surface area contributed by atoms with Gasteiger partial charge in [-0.25, -0.2) is 0 Å². The lowest BCUT2D eigenvalue weighted by Crippen LogP contribution is -1.95. The fourth-order valence-corrected chi connectivity index (χ4v) is 2.79. The largest absolute Gasteiger partial charge is 0.507 e. The van der Waals surface area contributed by atoms with Gasteiger partial charge >= 0.3 is 0 Å². The van der Waals surface area contributed by atoms with E-state index in [2.05, 4.69) is 5.16 Å². The van der Waals surface area contributed by atoms with Crippen LogP contribution >= 0.6 is 0 Å². The van der Waals surface area contributed by atoms with Gasteiger partial charge in [-0.05, 0) is 36.8 Å². The van der Waals surface area contributed by atoms with Crippen molar-refractivity contribution in [2.45, 2.75) is 6.92 Å². The van der Waals surface area contributed by atoms with Crippen LogP contribution in [0.1, 0.15) is 5.56 Å². The molecule has 0 saturated heterocycles. The summed E-state index contributed by atoms with van der Waals surface area (Å²) in [4.78, 5) is 0. The van der Waals surface area contributed by atoms with Crippen molar-refractivity contribution in [3.8, 4) is 45.4 Å². The minimum atomic E-state index is 0.0843. The third kappa shape index (κ3) is 2.98.